The molecule has 0 aliphatic carbocycles. The third-order valence-corrected chi connectivity index (χ3v) is 4.30. The molecule has 2 amide bonds. The number of fused-ring (bicyclic) bond motifs is 1. The minimum atomic E-state index is -0.398. The van der Waals surface area contributed by atoms with Crippen molar-refractivity contribution in [3.05, 3.63) is 59.7 Å². The number of anilines is 1. The van der Waals surface area contributed by atoms with Gasteiger partial charge in [-0.15, -0.1) is 0 Å². The number of carbonyl (C=O) groups excluding carboxylic acids is 1. The van der Waals surface area contributed by atoms with E-state index in [4.69, 9.17) is 4.74 Å². The molecule has 0 spiro atoms. The Morgan fingerprint density at radius 1 is 1.08 bits per heavy atom. The lowest BCUT2D eigenvalue weighted by molar-refractivity contribution is 0.178. The lowest BCUT2D eigenvalue weighted by Crippen LogP contribution is -2.45. The molecule has 4 nitrogen and oxygen atoms in total. The number of nitrogens with one attached hydrogen (secondary N) is 1. The molecule has 1 atom stereocenters. The van der Waals surface area contributed by atoms with E-state index in [2.05, 4.69) is 31.3 Å². The highest BCUT2D eigenvalue weighted by atomic mass is 16.5. The first-order valence-electron chi connectivity index (χ1n) is 8.48. The first kappa shape index (κ1) is 16.4. The molecule has 1 N–H and O–H groups in total. The van der Waals surface area contributed by atoms with Gasteiger partial charge < -0.3 is 10.1 Å². The summed E-state index contributed by atoms with van der Waals surface area (Å²) in [5.41, 5.74) is 3.35. The van der Waals surface area contributed by atoms with Crippen molar-refractivity contribution in [2.24, 2.45) is 0 Å². The van der Waals surface area contributed by atoms with Crippen molar-refractivity contribution in [3.8, 4) is 5.75 Å². The van der Waals surface area contributed by atoms with Crippen molar-refractivity contribution in [2.45, 2.75) is 39.3 Å². The van der Waals surface area contributed by atoms with Crippen LogP contribution in [0, 0.1) is 0 Å². The van der Waals surface area contributed by atoms with Gasteiger partial charge in [-0.2, -0.15) is 0 Å². The van der Waals surface area contributed by atoms with E-state index in [1.54, 1.807) is 4.90 Å². The SMILES string of the molecule is CC(NC(=O)N1CCc2ccccc21)Oc1ccccc1C(C)C. The molecule has 0 radical (unpaired) electrons. The van der Waals surface area contributed by atoms with E-state index in [1.807, 2.05) is 43.3 Å². The fourth-order valence-corrected chi connectivity index (χ4v) is 3.09. The summed E-state index contributed by atoms with van der Waals surface area (Å²) in [7, 11) is 0. The summed E-state index contributed by atoms with van der Waals surface area (Å²) in [6.45, 7) is 6.83. The van der Waals surface area contributed by atoms with E-state index in [0.29, 0.717) is 12.5 Å². The Bertz CT molecular complexity index is 727. The number of hydrogen-bond acceptors (Lipinski definition) is 2. The first-order valence-corrected chi connectivity index (χ1v) is 8.48. The zero-order valence-corrected chi connectivity index (χ0v) is 14.5. The number of ether oxygens (including phenoxy) is 1. The summed E-state index contributed by atoms with van der Waals surface area (Å²) in [5, 5.41) is 2.94. The topological polar surface area (TPSA) is 41.6 Å². The molecule has 1 aliphatic rings. The normalized spacial score (nSPS) is 14.4. The van der Waals surface area contributed by atoms with E-state index in [-0.39, 0.29) is 6.03 Å². The van der Waals surface area contributed by atoms with Crippen LogP contribution in [0.3, 0.4) is 0 Å². The van der Waals surface area contributed by atoms with Crippen LogP contribution in [0.2, 0.25) is 0 Å². The molecule has 3 rings (SSSR count). The minimum Gasteiger partial charge on any atom is -0.471 e. The predicted octanol–water partition coefficient (Wildman–Crippen LogP) is 4.31. The van der Waals surface area contributed by atoms with Crippen LogP contribution in [0.4, 0.5) is 10.5 Å². The van der Waals surface area contributed by atoms with E-state index < -0.39 is 6.23 Å². The van der Waals surface area contributed by atoms with Crippen molar-refractivity contribution in [3.63, 3.8) is 0 Å². The van der Waals surface area contributed by atoms with Crippen molar-refractivity contribution >= 4 is 11.7 Å². The fourth-order valence-electron chi connectivity index (χ4n) is 3.09. The van der Waals surface area contributed by atoms with E-state index in [0.717, 1.165) is 23.4 Å². The maximum Gasteiger partial charge on any atom is 0.324 e. The zero-order valence-electron chi connectivity index (χ0n) is 14.5. The fraction of sp³-hybridized carbons (Fsp3) is 0.350. The van der Waals surface area contributed by atoms with Gasteiger partial charge in [0.1, 0.15) is 5.75 Å². The van der Waals surface area contributed by atoms with Gasteiger partial charge in [0.05, 0.1) is 0 Å². The minimum absolute atomic E-state index is 0.116. The largest absolute Gasteiger partial charge is 0.471 e. The molecule has 0 fully saturated rings. The molecule has 1 aliphatic heterocycles. The number of rotatable bonds is 4. The lowest BCUT2D eigenvalue weighted by Gasteiger charge is -2.23. The summed E-state index contributed by atoms with van der Waals surface area (Å²) in [6.07, 6.45) is 0.500. The van der Waals surface area contributed by atoms with E-state index in [9.17, 15) is 4.79 Å². The average Bonchev–Trinajstić information content (AvgIpc) is 2.99. The van der Waals surface area contributed by atoms with Crippen LogP contribution in [0.1, 0.15) is 37.8 Å². The van der Waals surface area contributed by atoms with Crippen LogP contribution in [-0.2, 0) is 6.42 Å². The number of urea groups is 1. The van der Waals surface area contributed by atoms with E-state index >= 15 is 0 Å². The smallest absolute Gasteiger partial charge is 0.324 e. The molecule has 2 aromatic rings. The van der Waals surface area contributed by atoms with Gasteiger partial charge in [0.2, 0.25) is 0 Å². The molecule has 0 saturated heterocycles. The summed E-state index contributed by atoms with van der Waals surface area (Å²) in [6, 6.07) is 15.9. The predicted molar refractivity (Wildman–Crippen MR) is 96.6 cm³/mol. The Hall–Kier alpha value is -2.49. The van der Waals surface area contributed by atoms with Gasteiger partial charge in [-0.1, -0.05) is 50.2 Å². The van der Waals surface area contributed by atoms with Crippen LogP contribution in [-0.4, -0.2) is 18.8 Å². The van der Waals surface area contributed by atoms with Crippen LogP contribution < -0.4 is 15.0 Å². The molecule has 1 unspecified atom stereocenters. The number of para-hydroxylation sites is 2. The van der Waals surface area contributed by atoms with Crippen LogP contribution in [0.15, 0.2) is 48.5 Å². The van der Waals surface area contributed by atoms with E-state index in [1.165, 1.54) is 5.56 Å². The van der Waals surface area contributed by atoms with Crippen LogP contribution in [0.5, 0.6) is 5.75 Å². The summed E-state index contributed by atoms with van der Waals surface area (Å²) in [4.78, 5) is 14.3. The number of hydrogen-bond donors (Lipinski definition) is 1. The molecule has 1 heterocycles. The number of benzene rings is 2. The Labute approximate surface area is 143 Å². The number of amides is 2. The molecule has 24 heavy (non-hydrogen) atoms. The third-order valence-electron chi connectivity index (χ3n) is 4.30. The van der Waals surface area contributed by atoms with Crippen molar-refractivity contribution < 1.29 is 9.53 Å². The molecule has 0 saturated carbocycles. The molecule has 2 aromatic carbocycles. The summed E-state index contributed by atoms with van der Waals surface area (Å²) >= 11 is 0. The Kier molecular flexibility index (Phi) is 4.74. The quantitative estimate of drug-likeness (QED) is 0.852. The van der Waals surface area contributed by atoms with Gasteiger partial charge in [-0.05, 0) is 42.5 Å². The molecule has 4 heteroatoms. The Balaban J connectivity index is 1.66. The van der Waals surface area contributed by atoms with Crippen LogP contribution >= 0.6 is 0 Å². The van der Waals surface area contributed by atoms with Crippen LogP contribution in [0.25, 0.3) is 0 Å². The lowest BCUT2D eigenvalue weighted by atomic mass is 10.0. The van der Waals surface area contributed by atoms with Gasteiger partial charge in [0.25, 0.3) is 0 Å². The number of nitrogens with zero attached hydrogens (tertiary/aromatic N) is 1. The van der Waals surface area contributed by atoms with Gasteiger partial charge in [-0.25, -0.2) is 4.79 Å². The molecular weight excluding hydrogens is 300 g/mol. The highest BCUT2D eigenvalue weighted by molar-refractivity contribution is 5.94. The molecule has 0 bridgehead atoms. The monoisotopic (exact) mass is 324 g/mol. The highest BCUT2D eigenvalue weighted by Gasteiger charge is 2.25. The standard InChI is InChI=1S/C20H24N2O2/c1-14(2)17-9-5-7-11-19(17)24-15(3)21-20(23)22-13-12-16-8-4-6-10-18(16)22/h4-11,14-15H,12-13H2,1-3H3,(H,21,23). The summed E-state index contributed by atoms with van der Waals surface area (Å²) in [5.74, 6) is 1.19. The summed E-state index contributed by atoms with van der Waals surface area (Å²) < 4.78 is 5.97. The molecule has 126 valence electrons. The maximum absolute atomic E-state index is 12.6. The second-order valence-electron chi connectivity index (χ2n) is 6.43. The van der Waals surface area contributed by atoms with Gasteiger partial charge >= 0.3 is 6.03 Å². The molecular formula is C20H24N2O2. The van der Waals surface area contributed by atoms with Gasteiger partial charge in [-0.3, -0.25) is 4.90 Å². The zero-order chi connectivity index (χ0) is 17.1. The Morgan fingerprint density at radius 3 is 2.58 bits per heavy atom. The van der Waals surface area contributed by atoms with Crippen molar-refractivity contribution in [2.75, 3.05) is 11.4 Å². The maximum atomic E-state index is 12.6. The third kappa shape index (κ3) is 3.37. The van der Waals surface area contributed by atoms with Crippen molar-refractivity contribution in [1.82, 2.24) is 5.32 Å². The second kappa shape index (κ2) is 6.95. The Morgan fingerprint density at radius 2 is 1.79 bits per heavy atom. The van der Waals surface area contributed by atoms with Crippen molar-refractivity contribution in [1.29, 1.82) is 0 Å². The number of carbonyl (C=O) groups is 1. The highest BCUT2D eigenvalue weighted by Crippen LogP contribution is 2.28. The van der Waals surface area contributed by atoms with Gasteiger partial charge in [0, 0.05) is 12.2 Å². The second-order valence-corrected chi connectivity index (χ2v) is 6.43. The van der Waals surface area contributed by atoms with Gasteiger partial charge in [0.15, 0.2) is 6.23 Å². The first-order chi connectivity index (χ1) is 11.6. The average molecular weight is 324 g/mol. The molecule has 0 aromatic heterocycles.